The summed E-state index contributed by atoms with van der Waals surface area (Å²) >= 11 is 0. The van der Waals surface area contributed by atoms with E-state index in [2.05, 4.69) is 32.9 Å². The number of hydrogen-bond donors (Lipinski definition) is 0. The van der Waals surface area contributed by atoms with Gasteiger partial charge in [-0.05, 0) is 47.6 Å². The molecule has 0 aromatic heterocycles. The Kier molecular flexibility index (Phi) is 4.47. The lowest BCUT2D eigenvalue weighted by Crippen LogP contribution is -2.06. The van der Waals surface area contributed by atoms with Crippen molar-refractivity contribution in [3.63, 3.8) is 0 Å². The fourth-order valence-electron chi connectivity index (χ4n) is 2.57. The predicted octanol–water partition coefficient (Wildman–Crippen LogP) is 4.66. The summed E-state index contributed by atoms with van der Waals surface area (Å²) in [4.78, 5) is 0. The molecule has 98 valence electrons. The van der Waals surface area contributed by atoms with Crippen molar-refractivity contribution in [1.82, 2.24) is 0 Å². The highest BCUT2D eigenvalue weighted by Crippen LogP contribution is 2.34. The van der Waals surface area contributed by atoms with E-state index in [4.69, 9.17) is 4.52 Å². The Hall–Kier alpha value is -1.50. The summed E-state index contributed by atoms with van der Waals surface area (Å²) in [6.07, 6.45) is -0.266. The fraction of sp³-hybridized carbons (Fsp3) is 0.250. The van der Waals surface area contributed by atoms with E-state index in [1.165, 1.54) is 16.7 Å². The van der Waals surface area contributed by atoms with E-state index in [0.717, 1.165) is 11.1 Å². The second-order valence-corrected chi connectivity index (χ2v) is 5.21. The highest BCUT2D eigenvalue weighted by Gasteiger charge is 2.22. The topological polar surface area (TPSA) is 26.3 Å². The van der Waals surface area contributed by atoms with Crippen LogP contribution < -0.4 is 0 Å². The Morgan fingerprint density at radius 3 is 2.11 bits per heavy atom. The molecule has 0 saturated heterocycles. The van der Waals surface area contributed by atoms with Crippen LogP contribution in [0.4, 0.5) is 0 Å². The second kappa shape index (κ2) is 6.10. The van der Waals surface area contributed by atoms with Gasteiger partial charge in [0.25, 0.3) is 0 Å². The molecule has 0 bridgehead atoms. The lowest BCUT2D eigenvalue weighted by molar-refractivity contribution is 0.270. The zero-order chi connectivity index (χ0) is 13.8. The molecule has 0 aliphatic rings. The smallest absolute Gasteiger partial charge is 0.135 e. The van der Waals surface area contributed by atoms with Gasteiger partial charge in [-0.25, -0.2) is 0 Å². The minimum absolute atomic E-state index is 0.266. The van der Waals surface area contributed by atoms with Gasteiger partial charge in [0.15, 0.2) is 6.10 Å². The first-order valence-corrected chi connectivity index (χ1v) is 7.10. The molecule has 2 aromatic rings. The van der Waals surface area contributed by atoms with Crippen LogP contribution in [0, 0.1) is 20.8 Å². The van der Waals surface area contributed by atoms with Gasteiger partial charge < -0.3 is 0 Å². The van der Waals surface area contributed by atoms with Gasteiger partial charge in [0, 0.05) is 0 Å². The van der Waals surface area contributed by atoms with Crippen LogP contribution in [0.3, 0.4) is 0 Å². The van der Waals surface area contributed by atoms with Crippen molar-refractivity contribution in [2.75, 3.05) is 0 Å². The molecule has 19 heavy (non-hydrogen) atoms. The second-order valence-electron chi connectivity index (χ2n) is 4.80. The van der Waals surface area contributed by atoms with Crippen LogP contribution in [0.25, 0.3) is 0 Å². The van der Waals surface area contributed by atoms with E-state index in [1.807, 2.05) is 30.3 Å². The molecule has 2 rings (SSSR count). The van der Waals surface area contributed by atoms with E-state index in [-0.39, 0.29) is 6.10 Å². The van der Waals surface area contributed by atoms with Gasteiger partial charge in [-0.3, -0.25) is 0 Å². The van der Waals surface area contributed by atoms with Crippen molar-refractivity contribution in [2.24, 2.45) is 0 Å². The molecule has 0 fully saturated rings. The van der Waals surface area contributed by atoms with Gasteiger partial charge >= 0.3 is 8.69 Å². The van der Waals surface area contributed by atoms with Gasteiger partial charge in [0.05, 0.1) is 0 Å². The Balaban J connectivity index is 2.54. The molecule has 0 heterocycles. The first kappa shape index (κ1) is 13.9. The molecule has 0 saturated carbocycles. The molecular formula is C16H18O2P+. The Labute approximate surface area is 115 Å². The van der Waals surface area contributed by atoms with E-state index in [1.54, 1.807) is 0 Å². The molecule has 0 aliphatic carbocycles. The van der Waals surface area contributed by atoms with Gasteiger partial charge in [-0.1, -0.05) is 48.0 Å². The zero-order valence-electron chi connectivity index (χ0n) is 11.4. The van der Waals surface area contributed by atoms with Crippen molar-refractivity contribution in [3.05, 3.63) is 70.3 Å². The lowest BCUT2D eigenvalue weighted by atomic mass is 9.92. The maximum absolute atomic E-state index is 11.0. The maximum atomic E-state index is 11.0. The number of rotatable bonds is 4. The SMILES string of the molecule is Cc1cc(C)c(C(O[PH+]=O)c2ccccc2)c(C)c1. The van der Waals surface area contributed by atoms with Gasteiger partial charge in [-0.2, -0.15) is 0 Å². The predicted molar refractivity (Wildman–Crippen MR) is 79.0 cm³/mol. The first-order chi connectivity index (χ1) is 9.13. The minimum atomic E-state index is -0.771. The molecule has 3 heteroatoms. The van der Waals surface area contributed by atoms with Crippen molar-refractivity contribution >= 4 is 8.69 Å². The highest BCUT2D eigenvalue weighted by molar-refractivity contribution is 7.17. The minimum Gasteiger partial charge on any atom is -0.135 e. The van der Waals surface area contributed by atoms with Crippen molar-refractivity contribution < 1.29 is 9.09 Å². The van der Waals surface area contributed by atoms with Crippen LogP contribution in [0.15, 0.2) is 42.5 Å². The molecule has 2 nitrogen and oxygen atoms in total. The van der Waals surface area contributed by atoms with Gasteiger partial charge in [0.1, 0.15) is 0 Å². The first-order valence-electron chi connectivity index (χ1n) is 6.29. The summed E-state index contributed by atoms with van der Waals surface area (Å²) in [6, 6.07) is 14.2. The van der Waals surface area contributed by atoms with Crippen LogP contribution in [-0.4, -0.2) is 0 Å². The Morgan fingerprint density at radius 2 is 1.58 bits per heavy atom. The highest BCUT2D eigenvalue weighted by atomic mass is 31.1. The summed E-state index contributed by atoms with van der Waals surface area (Å²) in [5.41, 5.74) is 5.71. The number of aryl methyl sites for hydroxylation is 3. The van der Waals surface area contributed by atoms with Crippen LogP contribution in [0.2, 0.25) is 0 Å². The lowest BCUT2D eigenvalue weighted by Gasteiger charge is -2.17. The number of hydrogen-bond acceptors (Lipinski definition) is 2. The van der Waals surface area contributed by atoms with E-state index in [0.29, 0.717) is 0 Å². The molecule has 2 unspecified atom stereocenters. The number of benzene rings is 2. The Bertz CT molecular complexity index is 556. The van der Waals surface area contributed by atoms with E-state index in [9.17, 15) is 4.57 Å². The molecule has 0 radical (unpaired) electrons. The molecule has 2 atom stereocenters. The van der Waals surface area contributed by atoms with Gasteiger partial charge in [0.2, 0.25) is 0 Å². The molecule has 0 amide bonds. The maximum Gasteiger partial charge on any atom is 0.495 e. The van der Waals surface area contributed by atoms with Crippen LogP contribution in [0.1, 0.15) is 33.9 Å². The third-order valence-electron chi connectivity index (χ3n) is 3.27. The average molecular weight is 273 g/mol. The summed E-state index contributed by atoms with van der Waals surface area (Å²) in [7, 11) is -0.771. The monoisotopic (exact) mass is 273 g/mol. The van der Waals surface area contributed by atoms with E-state index < -0.39 is 8.69 Å². The molecule has 0 N–H and O–H groups in total. The summed E-state index contributed by atoms with van der Waals surface area (Å²) in [5.74, 6) is 0. The molecule has 0 aliphatic heterocycles. The van der Waals surface area contributed by atoms with Crippen LogP contribution in [-0.2, 0) is 9.09 Å². The van der Waals surface area contributed by atoms with Crippen LogP contribution >= 0.6 is 8.69 Å². The molecular weight excluding hydrogens is 255 g/mol. The van der Waals surface area contributed by atoms with Crippen molar-refractivity contribution in [3.8, 4) is 0 Å². The molecule has 2 aromatic carbocycles. The average Bonchev–Trinajstić information content (AvgIpc) is 2.37. The van der Waals surface area contributed by atoms with Crippen LogP contribution in [0.5, 0.6) is 0 Å². The van der Waals surface area contributed by atoms with Crippen molar-refractivity contribution in [2.45, 2.75) is 26.9 Å². The normalized spacial score (nSPS) is 12.6. The summed E-state index contributed by atoms with van der Waals surface area (Å²) < 4.78 is 16.5. The summed E-state index contributed by atoms with van der Waals surface area (Å²) in [5, 5.41) is 0. The fourth-order valence-corrected chi connectivity index (χ4v) is 2.92. The van der Waals surface area contributed by atoms with Gasteiger partial charge in [-0.15, -0.1) is 4.52 Å². The Morgan fingerprint density at radius 1 is 1.00 bits per heavy atom. The zero-order valence-corrected chi connectivity index (χ0v) is 12.4. The third kappa shape index (κ3) is 3.09. The van der Waals surface area contributed by atoms with Crippen molar-refractivity contribution in [1.29, 1.82) is 0 Å². The quantitative estimate of drug-likeness (QED) is 0.757. The van der Waals surface area contributed by atoms with E-state index >= 15 is 0 Å². The summed E-state index contributed by atoms with van der Waals surface area (Å²) in [6.45, 7) is 6.22. The standard InChI is InChI=1S/C16H18O2P/c1-11-9-12(2)15(13(3)10-11)16(18-19-17)14-7-5-4-6-8-14/h4-10,16,19H,1-3H3/q+1. The third-order valence-corrected chi connectivity index (χ3v) is 3.60. The molecule has 0 spiro atoms. The largest absolute Gasteiger partial charge is 0.495 e.